The zero-order valence-electron chi connectivity index (χ0n) is 12.4. The van der Waals surface area contributed by atoms with Gasteiger partial charge in [-0.2, -0.15) is 0 Å². The predicted molar refractivity (Wildman–Crippen MR) is 84.2 cm³/mol. The van der Waals surface area contributed by atoms with E-state index in [1.54, 1.807) is 0 Å². The molecule has 4 heteroatoms. The first-order valence-electron chi connectivity index (χ1n) is 7.55. The average molecular weight is 353 g/mol. The molecule has 3 aliphatic rings. The van der Waals surface area contributed by atoms with Gasteiger partial charge in [-0.05, 0) is 66.6 Å². The van der Waals surface area contributed by atoms with Crippen LogP contribution in [0.3, 0.4) is 0 Å². The summed E-state index contributed by atoms with van der Waals surface area (Å²) in [7, 11) is 1.50. The van der Waals surface area contributed by atoms with E-state index in [9.17, 15) is 4.79 Å². The summed E-state index contributed by atoms with van der Waals surface area (Å²) in [4.78, 5) is 12.0. The molecule has 0 saturated heterocycles. The van der Waals surface area contributed by atoms with Crippen molar-refractivity contribution in [2.45, 2.75) is 38.5 Å². The van der Waals surface area contributed by atoms with E-state index in [1.807, 2.05) is 24.3 Å². The predicted octanol–water partition coefficient (Wildman–Crippen LogP) is 4.34. The Labute approximate surface area is 134 Å². The first kappa shape index (κ1) is 14.9. The fourth-order valence-electron chi connectivity index (χ4n) is 3.80. The second-order valence-electron chi connectivity index (χ2n) is 6.49. The smallest absolute Gasteiger partial charge is 0.311 e. The number of para-hydroxylation sites is 1. The Bertz CT molecular complexity index is 516. The second kappa shape index (κ2) is 5.64. The van der Waals surface area contributed by atoms with E-state index >= 15 is 0 Å². The summed E-state index contributed by atoms with van der Waals surface area (Å²) < 4.78 is 12.1. The maximum absolute atomic E-state index is 12.0. The first-order chi connectivity index (χ1) is 10.1. The number of fused-ring (bicyclic) bond motifs is 3. The zero-order valence-corrected chi connectivity index (χ0v) is 13.9. The quantitative estimate of drug-likeness (QED) is 0.756. The Morgan fingerprint density at radius 2 is 1.76 bits per heavy atom. The summed E-state index contributed by atoms with van der Waals surface area (Å²) in [5.74, 6) is 0.893. The minimum absolute atomic E-state index is 0.0116. The highest BCUT2D eigenvalue weighted by Crippen LogP contribution is 2.57. The van der Waals surface area contributed by atoms with Gasteiger partial charge in [0, 0.05) is 5.41 Å². The lowest BCUT2D eigenvalue weighted by atomic mass is 9.54. The van der Waals surface area contributed by atoms with Gasteiger partial charge in [0.05, 0.1) is 23.6 Å². The molecule has 0 heterocycles. The van der Waals surface area contributed by atoms with Crippen molar-refractivity contribution in [2.75, 3.05) is 13.7 Å². The molecule has 2 bridgehead atoms. The number of carbonyl (C=O) groups excluding carboxylic acids is 1. The summed E-state index contributed by atoms with van der Waals surface area (Å²) in [6.45, 7) is 0.743. The van der Waals surface area contributed by atoms with Crippen molar-refractivity contribution in [3.8, 4) is 5.75 Å². The highest BCUT2D eigenvalue weighted by Gasteiger charge is 2.53. The lowest BCUT2D eigenvalue weighted by Gasteiger charge is -2.51. The molecule has 21 heavy (non-hydrogen) atoms. The topological polar surface area (TPSA) is 35.5 Å². The summed E-state index contributed by atoms with van der Waals surface area (Å²) in [5.41, 5.74) is 0.0366. The zero-order chi connectivity index (χ0) is 14.9. The van der Waals surface area contributed by atoms with Crippen LogP contribution in [0.4, 0.5) is 0 Å². The normalized spacial score (nSPS) is 31.0. The van der Waals surface area contributed by atoms with Crippen LogP contribution in [0.15, 0.2) is 28.7 Å². The minimum atomic E-state index is -0.205. The van der Waals surface area contributed by atoms with Crippen molar-refractivity contribution in [3.05, 3.63) is 28.7 Å². The molecule has 3 saturated carbocycles. The minimum Gasteiger partial charge on any atom is -0.492 e. The standard InChI is InChI=1S/C17H21BrO3/c1-20-15(19)17-9-6-16(7-10-17,8-11-17)12-21-14-5-3-2-4-13(14)18/h2-5H,6-12H2,1H3. The Morgan fingerprint density at radius 1 is 1.14 bits per heavy atom. The van der Waals surface area contributed by atoms with Crippen LogP contribution in [0.2, 0.25) is 0 Å². The van der Waals surface area contributed by atoms with Crippen LogP contribution in [-0.4, -0.2) is 19.7 Å². The van der Waals surface area contributed by atoms with Gasteiger partial charge in [-0.1, -0.05) is 12.1 Å². The molecule has 0 aliphatic heterocycles. The highest BCUT2D eigenvalue weighted by molar-refractivity contribution is 9.10. The average Bonchev–Trinajstić information content (AvgIpc) is 2.55. The molecule has 3 nitrogen and oxygen atoms in total. The van der Waals surface area contributed by atoms with Crippen molar-refractivity contribution in [2.24, 2.45) is 10.8 Å². The van der Waals surface area contributed by atoms with Crippen LogP contribution in [0.25, 0.3) is 0 Å². The van der Waals surface area contributed by atoms with E-state index in [0.717, 1.165) is 55.4 Å². The fraction of sp³-hybridized carbons (Fsp3) is 0.588. The van der Waals surface area contributed by atoms with Gasteiger partial charge in [-0.15, -0.1) is 0 Å². The van der Waals surface area contributed by atoms with Crippen LogP contribution in [-0.2, 0) is 9.53 Å². The van der Waals surface area contributed by atoms with Gasteiger partial charge in [0.1, 0.15) is 5.75 Å². The molecule has 1 aromatic carbocycles. The number of esters is 1. The van der Waals surface area contributed by atoms with Crippen molar-refractivity contribution in [1.82, 2.24) is 0 Å². The Kier molecular flexibility index (Phi) is 4.00. The van der Waals surface area contributed by atoms with E-state index in [0.29, 0.717) is 0 Å². The third-order valence-corrected chi connectivity index (χ3v) is 6.05. The van der Waals surface area contributed by atoms with Crippen LogP contribution >= 0.6 is 15.9 Å². The molecule has 0 N–H and O–H groups in total. The van der Waals surface area contributed by atoms with Crippen LogP contribution in [0.1, 0.15) is 38.5 Å². The van der Waals surface area contributed by atoms with Gasteiger partial charge in [0.25, 0.3) is 0 Å². The number of hydrogen-bond donors (Lipinski definition) is 0. The molecule has 0 spiro atoms. The number of halogens is 1. The Morgan fingerprint density at radius 3 is 2.33 bits per heavy atom. The van der Waals surface area contributed by atoms with E-state index < -0.39 is 0 Å². The largest absolute Gasteiger partial charge is 0.492 e. The number of rotatable bonds is 4. The Balaban J connectivity index is 1.64. The molecule has 1 aromatic rings. The number of carbonyl (C=O) groups is 1. The molecule has 0 atom stereocenters. The SMILES string of the molecule is COC(=O)C12CCC(COc3ccccc3Br)(CC1)CC2. The summed E-state index contributed by atoms with van der Waals surface area (Å²) in [6, 6.07) is 7.96. The maximum atomic E-state index is 12.0. The van der Waals surface area contributed by atoms with E-state index in [1.165, 1.54) is 7.11 Å². The third-order valence-electron chi connectivity index (χ3n) is 5.39. The third kappa shape index (κ3) is 2.70. The number of hydrogen-bond acceptors (Lipinski definition) is 3. The monoisotopic (exact) mass is 352 g/mol. The molecular formula is C17H21BrO3. The van der Waals surface area contributed by atoms with Gasteiger partial charge in [0.15, 0.2) is 0 Å². The van der Waals surface area contributed by atoms with Gasteiger partial charge >= 0.3 is 5.97 Å². The van der Waals surface area contributed by atoms with Crippen molar-refractivity contribution in [1.29, 1.82) is 0 Å². The van der Waals surface area contributed by atoms with Gasteiger partial charge < -0.3 is 9.47 Å². The van der Waals surface area contributed by atoms with Crippen LogP contribution in [0.5, 0.6) is 5.75 Å². The molecule has 0 unspecified atom stereocenters. The maximum Gasteiger partial charge on any atom is 0.311 e. The summed E-state index contributed by atoms with van der Waals surface area (Å²) >= 11 is 3.52. The van der Waals surface area contributed by atoms with E-state index in [-0.39, 0.29) is 16.8 Å². The summed E-state index contributed by atoms with van der Waals surface area (Å²) in [5, 5.41) is 0. The molecule has 3 fully saturated rings. The van der Waals surface area contributed by atoms with Crippen LogP contribution < -0.4 is 4.74 Å². The number of benzene rings is 1. The van der Waals surface area contributed by atoms with Gasteiger partial charge in [0.2, 0.25) is 0 Å². The molecule has 4 rings (SSSR count). The van der Waals surface area contributed by atoms with E-state index in [2.05, 4.69) is 15.9 Å². The van der Waals surface area contributed by atoms with Crippen molar-refractivity contribution in [3.63, 3.8) is 0 Å². The van der Waals surface area contributed by atoms with Gasteiger partial charge in [-0.3, -0.25) is 4.79 Å². The lowest BCUT2D eigenvalue weighted by Crippen LogP contribution is -2.48. The number of methoxy groups -OCH3 is 1. The highest BCUT2D eigenvalue weighted by atomic mass is 79.9. The molecule has 3 aliphatic carbocycles. The molecule has 0 aromatic heterocycles. The second-order valence-corrected chi connectivity index (χ2v) is 7.35. The molecule has 0 amide bonds. The molecule has 114 valence electrons. The van der Waals surface area contributed by atoms with Crippen LogP contribution in [0, 0.1) is 10.8 Å². The van der Waals surface area contributed by atoms with Crippen molar-refractivity contribution >= 4 is 21.9 Å². The van der Waals surface area contributed by atoms with Crippen molar-refractivity contribution < 1.29 is 14.3 Å². The molecule has 0 radical (unpaired) electrons. The summed E-state index contributed by atoms with van der Waals surface area (Å²) in [6.07, 6.45) is 6.02. The first-order valence-corrected chi connectivity index (χ1v) is 8.34. The Hall–Kier alpha value is -1.03. The fourth-order valence-corrected chi connectivity index (χ4v) is 4.19. The van der Waals surface area contributed by atoms with Gasteiger partial charge in [-0.25, -0.2) is 0 Å². The lowest BCUT2D eigenvalue weighted by molar-refractivity contribution is -0.163. The van der Waals surface area contributed by atoms with E-state index in [4.69, 9.17) is 9.47 Å². The molecular weight excluding hydrogens is 332 g/mol. The number of ether oxygens (including phenoxy) is 2.